The molecule has 1 N–H and O–H groups in total. The predicted octanol–water partition coefficient (Wildman–Crippen LogP) is 4.97. The number of hydrogen-bond donors (Lipinski definition) is 1. The van der Waals surface area contributed by atoms with Crippen molar-refractivity contribution in [3.63, 3.8) is 0 Å². The average Bonchev–Trinajstić information content (AvgIpc) is 2.63. The number of phenols is 1. The Bertz CT molecular complexity index is 1110. The van der Waals surface area contributed by atoms with Crippen LogP contribution in [0.3, 0.4) is 0 Å². The maximum Gasteiger partial charge on any atom is 0.200 e. The van der Waals surface area contributed by atoms with E-state index in [-0.39, 0.29) is 17.0 Å². The highest BCUT2D eigenvalue weighted by Crippen LogP contribution is 2.25. The molecule has 0 bridgehead atoms. The minimum absolute atomic E-state index is 0.0482. The maximum atomic E-state index is 13.0. The molecule has 0 atom stereocenters. The van der Waals surface area contributed by atoms with E-state index in [0.717, 1.165) is 16.7 Å². The van der Waals surface area contributed by atoms with E-state index in [1.54, 1.807) is 18.2 Å². The van der Waals surface area contributed by atoms with Crippen molar-refractivity contribution in [2.45, 2.75) is 0 Å². The van der Waals surface area contributed by atoms with Gasteiger partial charge in [-0.05, 0) is 41.0 Å². The Balaban J connectivity index is 1.76. The van der Waals surface area contributed by atoms with Crippen molar-refractivity contribution >= 4 is 11.0 Å². The summed E-state index contributed by atoms with van der Waals surface area (Å²) in [5, 5.41) is 9.89. The summed E-state index contributed by atoms with van der Waals surface area (Å²) in [6.07, 6.45) is 1.40. The molecule has 4 aromatic rings. The van der Waals surface area contributed by atoms with Crippen LogP contribution in [0.15, 0.2) is 82.2 Å². The lowest BCUT2D eigenvalue weighted by Gasteiger charge is -2.06. The lowest BCUT2D eigenvalue weighted by Crippen LogP contribution is -2.04. The molecular weight excluding hydrogens is 319 g/mol. The van der Waals surface area contributed by atoms with Crippen LogP contribution in [-0.4, -0.2) is 5.11 Å². The summed E-state index contributed by atoms with van der Waals surface area (Å²) in [5.74, 6) is -0.229. The zero-order chi connectivity index (χ0) is 17.4. The molecule has 0 aliphatic heterocycles. The molecule has 0 saturated heterocycles. The Kier molecular flexibility index (Phi) is 3.58. The molecule has 4 heteroatoms. The number of benzene rings is 3. The summed E-state index contributed by atoms with van der Waals surface area (Å²) < 4.78 is 18.5. The fourth-order valence-corrected chi connectivity index (χ4v) is 2.80. The first kappa shape index (κ1) is 15.1. The Hall–Kier alpha value is -3.40. The Morgan fingerprint density at radius 3 is 2.08 bits per heavy atom. The molecule has 0 spiro atoms. The van der Waals surface area contributed by atoms with Crippen LogP contribution >= 0.6 is 0 Å². The first-order valence-corrected chi connectivity index (χ1v) is 7.73. The summed E-state index contributed by atoms with van der Waals surface area (Å²) in [6, 6.07) is 18.1. The van der Waals surface area contributed by atoms with Crippen molar-refractivity contribution in [2.75, 3.05) is 0 Å². The van der Waals surface area contributed by atoms with Gasteiger partial charge in [-0.2, -0.15) is 0 Å². The van der Waals surface area contributed by atoms with Crippen LogP contribution in [0.25, 0.3) is 33.2 Å². The van der Waals surface area contributed by atoms with Gasteiger partial charge in [0.15, 0.2) is 5.43 Å². The molecule has 1 aromatic heterocycles. The van der Waals surface area contributed by atoms with Gasteiger partial charge < -0.3 is 9.52 Å². The molecular formula is C21H13FO3. The third-order valence-corrected chi connectivity index (χ3v) is 4.13. The average molecular weight is 332 g/mol. The first-order valence-electron chi connectivity index (χ1n) is 7.73. The molecule has 122 valence electrons. The van der Waals surface area contributed by atoms with Crippen molar-refractivity contribution in [1.82, 2.24) is 0 Å². The highest BCUT2D eigenvalue weighted by molar-refractivity contribution is 5.83. The maximum absolute atomic E-state index is 13.0. The van der Waals surface area contributed by atoms with E-state index in [1.165, 1.54) is 30.5 Å². The second-order valence-corrected chi connectivity index (χ2v) is 5.74. The predicted molar refractivity (Wildman–Crippen MR) is 95.0 cm³/mol. The molecule has 0 saturated carbocycles. The molecule has 0 unspecified atom stereocenters. The van der Waals surface area contributed by atoms with Crippen LogP contribution in [-0.2, 0) is 0 Å². The molecule has 4 rings (SSSR count). The summed E-state index contributed by atoms with van der Waals surface area (Å²) in [4.78, 5) is 12.6. The van der Waals surface area contributed by atoms with E-state index in [0.29, 0.717) is 16.5 Å². The van der Waals surface area contributed by atoms with Crippen molar-refractivity contribution in [2.24, 2.45) is 0 Å². The van der Waals surface area contributed by atoms with Crippen LogP contribution in [0.5, 0.6) is 5.75 Å². The van der Waals surface area contributed by atoms with Crippen LogP contribution < -0.4 is 5.43 Å². The summed E-state index contributed by atoms with van der Waals surface area (Å²) in [7, 11) is 0. The van der Waals surface area contributed by atoms with E-state index in [2.05, 4.69) is 0 Å². The van der Waals surface area contributed by atoms with Crippen molar-refractivity contribution in [3.05, 3.63) is 89.0 Å². The quantitative estimate of drug-likeness (QED) is 0.564. The Morgan fingerprint density at radius 1 is 0.800 bits per heavy atom. The Labute approximate surface area is 142 Å². The van der Waals surface area contributed by atoms with Gasteiger partial charge in [0.05, 0.1) is 10.9 Å². The second-order valence-electron chi connectivity index (χ2n) is 5.74. The number of halogens is 1. The number of hydrogen-bond acceptors (Lipinski definition) is 3. The summed E-state index contributed by atoms with van der Waals surface area (Å²) in [5.41, 5.74) is 3.19. The minimum Gasteiger partial charge on any atom is -0.508 e. The van der Waals surface area contributed by atoms with Crippen LogP contribution in [0.2, 0.25) is 0 Å². The van der Waals surface area contributed by atoms with Gasteiger partial charge in [-0.1, -0.05) is 36.4 Å². The third-order valence-electron chi connectivity index (χ3n) is 4.13. The summed E-state index contributed by atoms with van der Waals surface area (Å²) in [6.45, 7) is 0. The number of rotatable bonds is 2. The van der Waals surface area contributed by atoms with Gasteiger partial charge in [0, 0.05) is 6.07 Å². The molecule has 1 heterocycles. The number of aromatic hydroxyl groups is 1. The van der Waals surface area contributed by atoms with Gasteiger partial charge in [-0.3, -0.25) is 4.79 Å². The largest absolute Gasteiger partial charge is 0.508 e. The lowest BCUT2D eigenvalue weighted by molar-refractivity contribution is 0.474. The zero-order valence-corrected chi connectivity index (χ0v) is 13.1. The fraction of sp³-hybridized carbons (Fsp3) is 0. The van der Waals surface area contributed by atoms with E-state index < -0.39 is 0 Å². The van der Waals surface area contributed by atoms with Crippen LogP contribution in [0, 0.1) is 5.82 Å². The monoisotopic (exact) mass is 332 g/mol. The van der Waals surface area contributed by atoms with Gasteiger partial charge in [0.25, 0.3) is 0 Å². The van der Waals surface area contributed by atoms with Gasteiger partial charge >= 0.3 is 0 Å². The molecule has 25 heavy (non-hydrogen) atoms. The van der Waals surface area contributed by atoms with Crippen molar-refractivity contribution < 1.29 is 13.9 Å². The second kappa shape index (κ2) is 5.91. The molecule has 0 aliphatic rings. The fourth-order valence-electron chi connectivity index (χ4n) is 2.80. The van der Waals surface area contributed by atoms with Gasteiger partial charge in [-0.15, -0.1) is 0 Å². The minimum atomic E-state index is -0.278. The first-order chi connectivity index (χ1) is 12.1. The number of fused-ring (bicyclic) bond motifs is 1. The summed E-state index contributed by atoms with van der Waals surface area (Å²) >= 11 is 0. The van der Waals surface area contributed by atoms with Gasteiger partial charge in [-0.25, -0.2) is 4.39 Å². The molecule has 0 fully saturated rings. The van der Waals surface area contributed by atoms with Gasteiger partial charge in [0.1, 0.15) is 23.4 Å². The van der Waals surface area contributed by atoms with Crippen molar-refractivity contribution in [3.8, 4) is 28.0 Å². The standard InChI is InChI=1S/C21H13FO3/c22-16-7-5-14(6-8-16)13-1-3-15(4-2-13)19-12-25-20-11-17(23)9-10-18(20)21(19)24/h1-12,23H. The van der Waals surface area contributed by atoms with E-state index in [4.69, 9.17) is 4.42 Å². The smallest absolute Gasteiger partial charge is 0.200 e. The normalized spacial score (nSPS) is 10.9. The van der Waals surface area contributed by atoms with E-state index >= 15 is 0 Å². The SMILES string of the molecule is O=c1c(-c2ccc(-c3ccc(F)cc3)cc2)coc2cc(O)ccc12. The van der Waals surface area contributed by atoms with E-state index in [1.807, 2.05) is 24.3 Å². The number of phenolic OH excluding ortho intramolecular Hbond substituents is 1. The lowest BCUT2D eigenvalue weighted by atomic mass is 10.0. The molecule has 0 aliphatic carbocycles. The third kappa shape index (κ3) is 2.78. The zero-order valence-electron chi connectivity index (χ0n) is 13.1. The van der Waals surface area contributed by atoms with Crippen LogP contribution in [0.1, 0.15) is 0 Å². The van der Waals surface area contributed by atoms with E-state index in [9.17, 15) is 14.3 Å². The Morgan fingerprint density at radius 2 is 1.40 bits per heavy atom. The highest BCUT2D eigenvalue weighted by atomic mass is 19.1. The molecule has 0 amide bonds. The van der Waals surface area contributed by atoms with Crippen molar-refractivity contribution in [1.29, 1.82) is 0 Å². The highest BCUT2D eigenvalue weighted by Gasteiger charge is 2.10. The van der Waals surface area contributed by atoms with Gasteiger partial charge in [0.2, 0.25) is 0 Å². The van der Waals surface area contributed by atoms with Crippen LogP contribution in [0.4, 0.5) is 4.39 Å². The molecule has 3 aromatic carbocycles. The molecule has 3 nitrogen and oxygen atoms in total. The topological polar surface area (TPSA) is 50.4 Å². The molecule has 0 radical (unpaired) electrons.